The molecule has 1 aliphatic rings. The number of hydrogen-bond donors (Lipinski definition) is 2. The largest absolute Gasteiger partial charge is 0.449 e. The molecule has 0 radical (unpaired) electrons. The lowest BCUT2D eigenvalue weighted by Gasteiger charge is -2.20. The Morgan fingerprint density at radius 1 is 1.10 bits per heavy atom. The van der Waals surface area contributed by atoms with E-state index in [1.807, 2.05) is 0 Å². The number of anilines is 1. The van der Waals surface area contributed by atoms with E-state index in [0.29, 0.717) is 27.6 Å². The summed E-state index contributed by atoms with van der Waals surface area (Å²) in [6, 6.07) is 17.9. The van der Waals surface area contributed by atoms with Crippen molar-refractivity contribution in [3.63, 3.8) is 0 Å². The van der Waals surface area contributed by atoms with Crippen LogP contribution in [0.5, 0.6) is 5.75 Å². The highest BCUT2D eigenvalue weighted by Crippen LogP contribution is 2.32. The van der Waals surface area contributed by atoms with Gasteiger partial charge in [-0.25, -0.2) is 4.39 Å². The van der Waals surface area contributed by atoms with E-state index in [0.717, 1.165) is 5.56 Å². The Labute approximate surface area is 177 Å². The molecule has 4 rings (SSSR count). The zero-order valence-electron chi connectivity index (χ0n) is 15.6. The van der Waals surface area contributed by atoms with Gasteiger partial charge in [0.1, 0.15) is 5.82 Å². The molecule has 30 heavy (non-hydrogen) atoms. The van der Waals surface area contributed by atoms with Crippen LogP contribution in [0.25, 0.3) is 6.08 Å². The number of rotatable bonds is 4. The molecule has 3 aromatic carbocycles. The van der Waals surface area contributed by atoms with Gasteiger partial charge in [-0.2, -0.15) is 0 Å². The second-order valence-corrected chi connectivity index (χ2v) is 7.04. The first-order valence-electron chi connectivity index (χ1n) is 9.12. The van der Waals surface area contributed by atoms with E-state index in [1.165, 1.54) is 12.1 Å². The smallest absolute Gasteiger partial charge is 0.291 e. The summed E-state index contributed by atoms with van der Waals surface area (Å²) in [5.41, 5.74) is 1.85. The van der Waals surface area contributed by atoms with Crippen molar-refractivity contribution in [3.05, 3.63) is 100 Å². The van der Waals surface area contributed by atoms with Gasteiger partial charge < -0.3 is 15.4 Å². The van der Waals surface area contributed by atoms with Crippen molar-refractivity contribution in [1.82, 2.24) is 5.32 Å². The minimum Gasteiger partial charge on any atom is -0.449 e. The Kier molecular flexibility index (Phi) is 5.50. The number of ether oxygens (including phenoxy) is 1. The molecular weight excluding hydrogens is 407 g/mol. The summed E-state index contributed by atoms with van der Waals surface area (Å²) >= 11 is 5.87. The van der Waals surface area contributed by atoms with Gasteiger partial charge in [0, 0.05) is 22.7 Å². The third kappa shape index (κ3) is 4.34. The molecule has 0 spiro atoms. The highest BCUT2D eigenvalue weighted by Gasteiger charge is 2.23. The van der Waals surface area contributed by atoms with Crippen LogP contribution in [-0.2, 0) is 11.3 Å². The maximum Gasteiger partial charge on any atom is 0.291 e. The van der Waals surface area contributed by atoms with E-state index in [1.54, 1.807) is 60.7 Å². The van der Waals surface area contributed by atoms with Crippen LogP contribution in [0.15, 0.2) is 72.5 Å². The molecule has 7 heteroatoms. The van der Waals surface area contributed by atoms with E-state index < -0.39 is 11.8 Å². The van der Waals surface area contributed by atoms with Crippen LogP contribution in [0, 0.1) is 5.82 Å². The van der Waals surface area contributed by atoms with Crippen molar-refractivity contribution in [2.75, 3.05) is 5.32 Å². The van der Waals surface area contributed by atoms with Gasteiger partial charge >= 0.3 is 0 Å². The molecule has 0 saturated heterocycles. The van der Waals surface area contributed by atoms with Crippen molar-refractivity contribution in [2.45, 2.75) is 6.54 Å². The van der Waals surface area contributed by atoms with Crippen LogP contribution in [0.3, 0.4) is 0 Å². The second-order valence-electron chi connectivity index (χ2n) is 6.60. The fourth-order valence-corrected chi connectivity index (χ4v) is 3.06. The number of carbonyl (C=O) groups excluding carboxylic acids is 2. The van der Waals surface area contributed by atoms with E-state index in [-0.39, 0.29) is 18.1 Å². The van der Waals surface area contributed by atoms with Gasteiger partial charge in [-0.05, 0) is 48.0 Å². The number of nitrogens with one attached hydrogen (secondary N) is 2. The zero-order chi connectivity index (χ0) is 21.1. The molecule has 0 atom stereocenters. The standard InChI is InChI=1S/C23H16ClFN2O3/c24-17-8-5-14(6-9-17)11-21-23(29)27-19-12-15(7-10-20(19)30-21)22(28)26-13-16-3-1-2-4-18(16)25/h1-12H,13H2,(H,26,28)(H,27,29)/b21-11-. The third-order valence-electron chi connectivity index (χ3n) is 4.50. The summed E-state index contributed by atoms with van der Waals surface area (Å²) in [5, 5.41) is 5.98. The number of amides is 2. The quantitative estimate of drug-likeness (QED) is 0.594. The fourth-order valence-electron chi connectivity index (χ4n) is 2.93. The van der Waals surface area contributed by atoms with Crippen LogP contribution in [-0.4, -0.2) is 11.8 Å². The number of fused-ring (bicyclic) bond motifs is 1. The maximum absolute atomic E-state index is 13.7. The average Bonchev–Trinajstić information content (AvgIpc) is 2.74. The van der Waals surface area contributed by atoms with Crippen molar-refractivity contribution in [2.24, 2.45) is 0 Å². The molecule has 0 aliphatic carbocycles. The van der Waals surface area contributed by atoms with E-state index >= 15 is 0 Å². The van der Waals surface area contributed by atoms with Crippen LogP contribution < -0.4 is 15.4 Å². The van der Waals surface area contributed by atoms with Gasteiger partial charge in [0.05, 0.1) is 5.69 Å². The zero-order valence-corrected chi connectivity index (χ0v) is 16.4. The monoisotopic (exact) mass is 422 g/mol. The minimum atomic E-state index is -0.429. The van der Waals surface area contributed by atoms with E-state index in [9.17, 15) is 14.0 Å². The topological polar surface area (TPSA) is 67.4 Å². The second kappa shape index (κ2) is 8.39. The van der Waals surface area contributed by atoms with Gasteiger partial charge in [0.2, 0.25) is 0 Å². The summed E-state index contributed by atoms with van der Waals surface area (Å²) in [6.45, 7) is 0.0550. The van der Waals surface area contributed by atoms with Gasteiger partial charge in [0.15, 0.2) is 11.5 Å². The molecule has 1 heterocycles. The number of hydrogen-bond acceptors (Lipinski definition) is 3. The predicted octanol–water partition coefficient (Wildman–Crippen LogP) is 4.78. The first-order chi connectivity index (χ1) is 14.5. The number of halogens is 2. The Morgan fingerprint density at radius 2 is 1.87 bits per heavy atom. The highest BCUT2D eigenvalue weighted by atomic mass is 35.5. The Morgan fingerprint density at radius 3 is 2.63 bits per heavy atom. The fraction of sp³-hybridized carbons (Fsp3) is 0.0435. The number of benzene rings is 3. The molecule has 5 nitrogen and oxygen atoms in total. The molecule has 2 amide bonds. The summed E-state index contributed by atoms with van der Waals surface area (Å²) in [6.07, 6.45) is 1.60. The molecular formula is C23H16ClFN2O3. The van der Waals surface area contributed by atoms with Crippen LogP contribution >= 0.6 is 11.6 Å². The summed E-state index contributed by atoms with van der Waals surface area (Å²) in [7, 11) is 0. The molecule has 0 unspecified atom stereocenters. The molecule has 0 saturated carbocycles. The normalized spacial score (nSPS) is 13.9. The highest BCUT2D eigenvalue weighted by molar-refractivity contribution is 6.30. The van der Waals surface area contributed by atoms with Gasteiger partial charge in [-0.15, -0.1) is 0 Å². The van der Waals surface area contributed by atoms with Gasteiger partial charge in [-0.3, -0.25) is 9.59 Å². The molecule has 3 aromatic rings. The maximum atomic E-state index is 13.7. The predicted molar refractivity (Wildman–Crippen MR) is 113 cm³/mol. The van der Waals surface area contributed by atoms with Crippen molar-refractivity contribution < 1.29 is 18.7 Å². The Bertz CT molecular complexity index is 1160. The summed E-state index contributed by atoms with van der Waals surface area (Å²) in [5.74, 6) is -0.662. The van der Waals surface area contributed by atoms with Crippen molar-refractivity contribution >= 4 is 35.2 Å². The summed E-state index contributed by atoms with van der Waals surface area (Å²) in [4.78, 5) is 24.8. The lowest BCUT2D eigenvalue weighted by molar-refractivity contribution is -0.115. The van der Waals surface area contributed by atoms with Gasteiger partial charge in [0.25, 0.3) is 11.8 Å². The van der Waals surface area contributed by atoms with E-state index in [2.05, 4.69) is 10.6 Å². The molecule has 2 N–H and O–H groups in total. The number of carbonyl (C=O) groups is 2. The molecule has 0 aromatic heterocycles. The van der Waals surface area contributed by atoms with Gasteiger partial charge in [-0.1, -0.05) is 41.9 Å². The first-order valence-corrected chi connectivity index (χ1v) is 9.49. The lowest BCUT2D eigenvalue weighted by Crippen LogP contribution is -2.26. The van der Waals surface area contributed by atoms with Crippen LogP contribution in [0.2, 0.25) is 5.02 Å². The molecule has 0 bridgehead atoms. The van der Waals surface area contributed by atoms with Crippen molar-refractivity contribution in [1.29, 1.82) is 0 Å². The molecule has 150 valence electrons. The lowest BCUT2D eigenvalue weighted by atomic mass is 10.1. The molecule has 1 aliphatic heterocycles. The third-order valence-corrected chi connectivity index (χ3v) is 4.75. The first kappa shape index (κ1) is 19.7. The van der Waals surface area contributed by atoms with E-state index in [4.69, 9.17) is 16.3 Å². The Balaban J connectivity index is 1.48. The SMILES string of the molecule is O=C1Nc2cc(C(=O)NCc3ccccc3F)ccc2O/C1=C\c1ccc(Cl)cc1. The summed E-state index contributed by atoms with van der Waals surface area (Å²) < 4.78 is 19.4. The van der Waals surface area contributed by atoms with Crippen LogP contribution in [0.1, 0.15) is 21.5 Å². The average molecular weight is 423 g/mol. The minimum absolute atomic E-state index is 0.0550. The van der Waals surface area contributed by atoms with Crippen LogP contribution in [0.4, 0.5) is 10.1 Å². The Hall–Kier alpha value is -3.64. The molecule has 0 fully saturated rings. The van der Waals surface area contributed by atoms with Crippen molar-refractivity contribution in [3.8, 4) is 5.75 Å².